The molecule has 0 spiro atoms. The molecule has 0 aromatic carbocycles. The zero-order valence-corrected chi connectivity index (χ0v) is 8.71. The van der Waals surface area contributed by atoms with E-state index < -0.39 is 12.6 Å². The molecular formula is C8H15F3OS. The van der Waals surface area contributed by atoms with E-state index in [4.69, 9.17) is 4.74 Å². The predicted molar refractivity (Wildman–Crippen MR) is 49.1 cm³/mol. The molecule has 0 aromatic rings. The fourth-order valence-corrected chi connectivity index (χ4v) is 0.673. The van der Waals surface area contributed by atoms with Crippen LogP contribution in [-0.2, 0) is 4.74 Å². The highest BCUT2D eigenvalue weighted by atomic mass is 32.1. The average molecular weight is 216 g/mol. The first-order valence-electron chi connectivity index (χ1n) is 4.02. The molecule has 0 aliphatic heterocycles. The molecule has 0 aliphatic rings. The monoisotopic (exact) mass is 216 g/mol. The van der Waals surface area contributed by atoms with Crippen molar-refractivity contribution in [1.82, 2.24) is 0 Å². The van der Waals surface area contributed by atoms with Crippen molar-refractivity contribution in [3.63, 3.8) is 0 Å². The Hall–Kier alpha value is 0.100. The Labute approximate surface area is 82.1 Å². The highest BCUT2D eigenvalue weighted by Gasteiger charge is 2.27. The number of rotatable bonds is 5. The van der Waals surface area contributed by atoms with Gasteiger partial charge in [-0.15, -0.1) is 0 Å². The van der Waals surface area contributed by atoms with Gasteiger partial charge in [0.1, 0.15) is 0 Å². The molecule has 0 bridgehead atoms. The van der Waals surface area contributed by atoms with Crippen LogP contribution in [0.2, 0.25) is 0 Å². The van der Waals surface area contributed by atoms with Gasteiger partial charge in [-0.3, -0.25) is 0 Å². The smallest absolute Gasteiger partial charge is 0.381 e. The topological polar surface area (TPSA) is 9.23 Å². The molecule has 0 heterocycles. The Morgan fingerprint density at radius 1 is 1.23 bits per heavy atom. The van der Waals surface area contributed by atoms with Crippen molar-refractivity contribution in [2.75, 3.05) is 19.0 Å². The normalized spacial score (nSPS) is 13.4. The molecule has 13 heavy (non-hydrogen) atoms. The summed E-state index contributed by atoms with van der Waals surface area (Å²) in [6, 6.07) is 0. The lowest BCUT2D eigenvalue weighted by molar-refractivity contribution is -0.146. The second kappa shape index (κ2) is 5.10. The summed E-state index contributed by atoms with van der Waals surface area (Å²) >= 11 is 4.06. The van der Waals surface area contributed by atoms with Crippen molar-refractivity contribution in [1.29, 1.82) is 0 Å². The van der Waals surface area contributed by atoms with Crippen LogP contribution < -0.4 is 0 Å². The molecule has 0 amide bonds. The summed E-state index contributed by atoms with van der Waals surface area (Å²) in [7, 11) is 0. The molecule has 80 valence electrons. The van der Waals surface area contributed by atoms with Crippen molar-refractivity contribution < 1.29 is 17.9 Å². The molecular weight excluding hydrogens is 201 g/mol. The first-order valence-corrected chi connectivity index (χ1v) is 4.65. The van der Waals surface area contributed by atoms with Crippen molar-refractivity contribution in [2.45, 2.75) is 26.4 Å². The number of thiol groups is 1. The number of hydrogen-bond acceptors (Lipinski definition) is 2. The largest absolute Gasteiger partial charge is 0.391 e. The first-order chi connectivity index (χ1) is 5.77. The summed E-state index contributed by atoms with van der Waals surface area (Å²) in [6.45, 7) is 3.84. The Morgan fingerprint density at radius 2 is 1.77 bits per heavy atom. The van der Waals surface area contributed by atoms with Crippen LogP contribution in [0.25, 0.3) is 0 Å². The van der Waals surface area contributed by atoms with Gasteiger partial charge in [0.2, 0.25) is 0 Å². The van der Waals surface area contributed by atoms with Gasteiger partial charge in [0, 0.05) is 0 Å². The van der Waals surface area contributed by atoms with E-state index in [1.807, 2.05) is 13.8 Å². The van der Waals surface area contributed by atoms with Crippen LogP contribution in [0.3, 0.4) is 0 Å². The molecule has 0 saturated carbocycles. The maximum atomic E-state index is 11.7. The highest BCUT2D eigenvalue weighted by Crippen LogP contribution is 2.21. The minimum atomic E-state index is -4.12. The van der Waals surface area contributed by atoms with Gasteiger partial charge in [-0.1, -0.05) is 13.8 Å². The molecule has 0 aromatic heterocycles. The van der Waals surface area contributed by atoms with Crippen LogP contribution in [0.1, 0.15) is 20.3 Å². The van der Waals surface area contributed by atoms with Gasteiger partial charge in [-0.05, 0) is 11.2 Å². The zero-order valence-electron chi connectivity index (χ0n) is 7.82. The quantitative estimate of drug-likeness (QED) is 0.549. The van der Waals surface area contributed by atoms with E-state index in [1.54, 1.807) is 0 Å². The van der Waals surface area contributed by atoms with Crippen LogP contribution in [0.15, 0.2) is 0 Å². The molecule has 0 N–H and O–H groups in total. The third-order valence-electron chi connectivity index (χ3n) is 1.45. The lowest BCUT2D eigenvalue weighted by atomic mass is 9.98. The van der Waals surface area contributed by atoms with Gasteiger partial charge in [0.15, 0.2) is 0 Å². The lowest BCUT2D eigenvalue weighted by Crippen LogP contribution is -2.22. The number of ether oxygens (including phenoxy) is 1. The number of halogens is 3. The molecule has 0 atom stereocenters. The first kappa shape index (κ1) is 13.1. The molecule has 0 saturated heterocycles. The third-order valence-corrected chi connectivity index (χ3v) is 2.31. The summed E-state index contributed by atoms with van der Waals surface area (Å²) in [6.07, 6.45) is -5.00. The Bertz CT molecular complexity index is 145. The van der Waals surface area contributed by atoms with E-state index in [1.165, 1.54) is 0 Å². The molecule has 5 heteroatoms. The summed E-state index contributed by atoms with van der Waals surface area (Å²) in [5.41, 5.74) is -0.158. The van der Waals surface area contributed by atoms with Crippen LogP contribution >= 0.6 is 12.6 Å². The van der Waals surface area contributed by atoms with Crippen LogP contribution in [0.4, 0.5) is 13.2 Å². The number of alkyl halides is 3. The minimum absolute atomic E-state index is 0.158. The molecule has 1 nitrogen and oxygen atoms in total. The van der Waals surface area contributed by atoms with Crippen molar-refractivity contribution in [3.8, 4) is 0 Å². The third kappa shape index (κ3) is 8.43. The fraction of sp³-hybridized carbons (Fsp3) is 1.00. The maximum Gasteiger partial charge on any atom is 0.391 e. The van der Waals surface area contributed by atoms with Crippen molar-refractivity contribution in [3.05, 3.63) is 0 Å². The summed E-state index contributed by atoms with van der Waals surface area (Å²) in [5.74, 6) is 0.596. The van der Waals surface area contributed by atoms with E-state index in [9.17, 15) is 13.2 Å². The Balaban J connectivity index is 3.47. The van der Waals surface area contributed by atoms with Gasteiger partial charge < -0.3 is 4.74 Å². The van der Waals surface area contributed by atoms with Gasteiger partial charge in [-0.25, -0.2) is 0 Å². The van der Waals surface area contributed by atoms with Gasteiger partial charge in [0.25, 0.3) is 0 Å². The Morgan fingerprint density at radius 3 is 2.15 bits per heavy atom. The molecule has 0 aliphatic carbocycles. The molecule has 0 radical (unpaired) electrons. The predicted octanol–water partition coefficient (Wildman–Crippen LogP) is 2.91. The van der Waals surface area contributed by atoms with Gasteiger partial charge in [0.05, 0.1) is 19.6 Å². The molecule has 0 unspecified atom stereocenters. The lowest BCUT2D eigenvalue weighted by Gasteiger charge is -2.21. The standard InChI is InChI=1S/C8H15F3OS/c1-7(2,6-13)5-12-4-3-8(9,10)11/h13H,3-6H2,1-2H3. The van der Waals surface area contributed by atoms with Crippen LogP contribution in [0.5, 0.6) is 0 Å². The van der Waals surface area contributed by atoms with E-state index in [-0.39, 0.29) is 12.0 Å². The van der Waals surface area contributed by atoms with E-state index in [2.05, 4.69) is 12.6 Å². The van der Waals surface area contributed by atoms with Crippen LogP contribution in [0, 0.1) is 5.41 Å². The number of hydrogen-bond donors (Lipinski definition) is 1. The highest BCUT2D eigenvalue weighted by molar-refractivity contribution is 7.80. The van der Waals surface area contributed by atoms with Crippen LogP contribution in [-0.4, -0.2) is 25.1 Å². The second-order valence-electron chi connectivity index (χ2n) is 3.74. The molecule has 0 fully saturated rings. The average Bonchev–Trinajstić information content (AvgIpc) is 1.97. The Kier molecular flexibility index (Phi) is 5.14. The van der Waals surface area contributed by atoms with E-state index >= 15 is 0 Å². The van der Waals surface area contributed by atoms with E-state index in [0.29, 0.717) is 12.4 Å². The van der Waals surface area contributed by atoms with Gasteiger partial charge >= 0.3 is 6.18 Å². The van der Waals surface area contributed by atoms with E-state index in [0.717, 1.165) is 0 Å². The zero-order chi connectivity index (χ0) is 10.5. The summed E-state index contributed by atoms with van der Waals surface area (Å²) < 4.78 is 39.9. The van der Waals surface area contributed by atoms with Gasteiger partial charge in [-0.2, -0.15) is 25.8 Å². The van der Waals surface area contributed by atoms with Crippen molar-refractivity contribution in [2.24, 2.45) is 5.41 Å². The fourth-order valence-electron chi connectivity index (χ4n) is 0.582. The molecule has 0 rings (SSSR count). The second-order valence-corrected chi connectivity index (χ2v) is 4.06. The summed E-state index contributed by atoms with van der Waals surface area (Å²) in [4.78, 5) is 0. The van der Waals surface area contributed by atoms with Crippen molar-refractivity contribution >= 4 is 12.6 Å². The summed E-state index contributed by atoms with van der Waals surface area (Å²) in [5, 5.41) is 0. The minimum Gasteiger partial charge on any atom is -0.381 e. The SMILES string of the molecule is CC(C)(CS)COCCC(F)(F)F. The maximum absolute atomic E-state index is 11.7.